The maximum atomic E-state index is 12.2. The summed E-state index contributed by atoms with van der Waals surface area (Å²) < 4.78 is 5.23. The Kier molecular flexibility index (Phi) is 5.97. The lowest BCUT2D eigenvalue weighted by atomic mass is 10.1. The van der Waals surface area contributed by atoms with E-state index in [0.29, 0.717) is 29.7 Å². The van der Waals surface area contributed by atoms with Gasteiger partial charge >= 0.3 is 0 Å². The van der Waals surface area contributed by atoms with Crippen molar-refractivity contribution in [2.24, 2.45) is 0 Å². The predicted octanol–water partition coefficient (Wildman–Crippen LogP) is 5.01. The van der Waals surface area contributed by atoms with Crippen molar-refractivity contribution >= 4 is 34.0 Å². The molecule has 0 radical (unpaired) electrons. The first-order chi connectivity index (χ1) is 14.2. The van der Waals surface area contributed by atoms with E-state index in [1.807, 2.05) is 54.6 Å². The minimum absolute atomic E-state index is 0.150. The van der Waals surface area contributed by atoms with Crippen LogP contribution in [0.2, 0.25) is 5.02 Å². The number of benzene rings is 2. The highest BCUT2D eigenvalue weighted by atomic mass is 35.5. The number of rotatable bonds is 7. The van der Waals surface area contributed by atoms with Gasteiger partial charge in [0.1, 0.15) is 0 Å². The van der Waals surface area contributed by atoms with Gasteiger partial charge in [-0.25, -0.2) is 4.98 Å². The number of hydrogen-bond acceptors (Lipinski definition) is 6. The molecule has 4 aromatic rings. The van der Waals surface area contributed by atoms with Crippen molar-refractivity contribution in [2.45, 2.75) is 19.3 Å². The SMILES string of the molecule is O=C(CCc1nc(-c2ccccc2)no1)Nc1ncc(Cc2ccccc2Cl)s1. The van der Waals surface area contributed by atoms with Gasteiger partial charge in [0.25, 0.3) is 0 Å². The van der Waals surface area contributed by atoms with E-state index in [-0.39, 0.29) is 12.3 Å². The van der Waals surface area contributed by atoms with Crippen molar-refractivity contribution in [3.63, 3.8) is 0 Å². The third-order valence-corrected chi connectivity index (χ3v) is 5.47. The second kappa shape index (κ2) is 8.98. The fourth-order valence-electron chi connectivity index (χ4n) is 2.74. The van der Waals surface area contributed by atoms with Gasteiger partial charge in [-0.05, 0) is 11.6 Å². The molecule has 2 heterocycles. The number of halogens is 1. The summed E-state index contributed by atoms with van der Waals surface area (Å²) in [5, 5.41) is 8.06. The van der Waals surface area contributed by atoms with Crippen LogP contribution in [-0.2, 0) is 17.6 Å². The first-order valence-electron chi connectivity index (χ1n) is 9.03. The molecule has 1 N–H and O–H groups in total. The van der Waals surface area contributed by atoms with E-state index in [9.17, 15) is 4.79 Å². The van der Waals surface area contributed by atoms with Crippen molar-refractivity contribution < 1.29 is 9.32 Å². The maximum Gasteiger partial charge on any atom is 0.227 e. The molecule has 0 aliphatic rings. The summed E-state index contributed by atoms with van der Waals surface area (Å²) in [6, 6.07) is 17.2. The number of carbonyl (C=O) groups excluding carboxylic acids is 1. The molecule has 0 aliphatic carbocycles. The Morgan fingerprint density at radius 2 is 1.90 bits per heavy atom. The second-order valence-electron chi connectivity index (χ2n) is 6.33. The molecular formula is C21H17ClN4O2S. The fraction of sp³-hybridized carbons (Fsp3) is 0.143. The molecule has 4 rings (SSSR count). The van der Waals surface area contributed by atoms with Crippen LogP contribution >= 0.6 is 22.9 Å². The van der Waals surface area contributed by atoms with Crippen molar-refractivity contribution in [2.75, 3.05) is 5.32 Å². The summed E-state index contributed by atoms with van der Waals surface area (Å²) in [7, 11) is 0. The van der Waals surface area contributed by atoms with Crippen LogP contribution in [-0.4, -0.2) is 21.0 Å². The molecule has 0 unspecified atom stereocenters. The van der Waals surface area contributed by atoms with E-state index in [2.05, 4.69) is 20.4 Å². The Morgan fingerprint density at radius 1 is 1.10 bits per heavy atom. The van der Waals surface area contributed by atoms with Gasteiger partial charge in [0.05, 0.1) is 0 Å². The van der Waals surface area contributed by atoms with Crippen LogP contribution in [0.4, 0.5) is 5.13 Å². The third kappa shape index (κ3) is 5.07. The minimum atomic E-state index is -0.150. The fourth-order valence-corrected chi connectivity index (χ4v) is 3.79. The van der Waals surface area contributed by atoms with Crippen molar-refractivity contribution in [1.82, 2.24) is 15.1 Å². The number of nitrogens with one attached hydrogen (secondary N) is 1. The second-order valence-corrected chi connectivity index (χ2v) is 7.85. The normalized spacial score (nSPS) is 10.8. The maximum absolute atomic E-state index is 12.2. The zero-order valence-electron chi connectivity index (χ0n) is 15.3. The molecule has 0 atom stereocenters. The summed E-state index contributed by atoms with van der Waals surface area (Å²) in [4.78, 5) is 21.9. The topological polar surface area (TPSA) is 80.9 Å². The van der Waals surface area contributed by atoms with E-state index in [1.165, 1.54) is 11.3 Å². The number of aromatic nitrogens is 3. The van der Waals surface area contributed by atoms with E-state index in [1.54, 1.807) is 6.20 Å². The van der Waals surface area contributed by atoms with Crippen LogP contribution in [0.5, 0.6) is 0 Å². The van der Waals surface area contributed by atoms with Crippen molar-refractivity contribution in [3.05, 3.63) is 82.1 Å². The lowest BCUT2D eigenvalue weighted by molar-refractivity contribution is -0.116. The first kappa shape index (κ1) is 19.3. The van der Waals surface area contributed by atoms with Crippen molar-refractivity contribution in [1.29, 1.82) is 0 Å². The summed E-state index contributed by atoms with van der Waals surface area (Å²) in [5.74, 6) is 0.797. The van der Waals surface area contributed by atoms with Crippen LogP contribution in [0.15, 0.2) is 65.3 Å². The van der Waals surface area contributed by atoms with Gasteiger partial charge in [0.15, 0.2) is 5.13 Å². The van der Waals surface area contributed by atoms with E-state index >= 15 is 0 Å². The Balaban J connectivity index is 1.30. The zero-order valence-corrected chi connectivity index (χ0v) is 16.9. The number of aryl methyl sites for hydroxylation is 1. The molecule has 0 saturated carbocycles. The molecule has 0 saturated heterocycles. The van der Waals surface area contributed by atoms with Gasteiger partial charge in [-0.1, -0.05) is 65.3 Å². The minimum Gasteiger partial charge on any atom is -0.339 e. The van der Waals surface area contributed by atoms with Gasteiger partial charge < -0.3 is 9.84 Å². The van der Waals surface area contributed by atoms with Crippen LogP contribution in [0.1, 0.15) is 22.8 Å². The zero-order chi connectivity index (χ0) is 20.1. The van der Waals surface area contributed by atoms with E-state index in [4.69, 9.17) is 16.1 Å². The summed E-state index contributed by atoms with van der Waals surface area (Å²) >= 11 is 7.63. The van der Waals surface area contributed by atoms with Gasteiger partial charge in [-0.15, -0.1) is 11.3 Å². The highest BCUT2D eigenvalue weighted by molar-refractivity contribution is 7.15. The summed E-state index contributed by atoms with van der Waals surface area (Å²) in [6.07, 6.45) is 3.03. The molecule has 2 aromatic heterocycles. The molecule has 2 aromatic carbocycles. The largest absolute Gasteiger partial charge is 0.339 e. The van der Waals surface area contributed by atoms with Gasteiger partial charge in [0.2, 0.25) is 17.6 Å². The predicted molar refractivity (Wildman–Crippen MR) is 113 cm³/mol. The highest BCUT2D eigenvalue weighted by Gasteiger charge is 2.12. The molecule has 146 valence electrons. The van der Waals surface area contributed by atoms with Gasteiger partial charge in [-0.3, -0.25) is 4.79 Å². The summed E-state index contributed by atoms with van der Waals surface area (Å²) in [5.41, 5.74) is 1.90. The van der Waals surface area contributed by atoms with Crippen molar-refractivity contribution in [3.8, 4) is 11.4 Å². The molecule has 0 fully saturated rings. The highest BCUT2D eigenvalue weighted by Crippen LogP contribution is 2.25. The lowest BCUT2D eigenvalue weighted by Crippen LogP contribution is -2.12. The molecule has 0 bridgehead atoms. The third-order valence-electron chi connectivity index (χ3n) is 4.19. The molecule has 0 spiro atoms. The standard InChI is InChI=1S/C21H17ClN4O2S/c22-17-9-5-4-8-15(17)12-16-13-23-21(29-16)24-18(27)10-11-19-25-20(26-28-19)14-6-2-1-3-7-14/h1-9,13H,10-12H2,(H,23,24,27). The number of hydrogen-bond donors (Lipinski definition) is 1. The van der Waals surface area contributed by atoms with E-state index in [0.717, 1.165) is 21.0 Å². The van der Waals surface area contributed by atoms with E-state index < -0.39 is 0 Å². The number of nitrogens with zero attached hydrogens (tertiary/aromatic N) is 3. The molecule has 1 amide bonds. The number of amides is 1. The number of thiazole rings is 1. The van der Waals surface area contributed by atoms with Crippen LogP contribution in [0.25, 0.3) is 11.4 Å². The Bertz CT molecular complexity index is 1110. The quantitative estimate of drug-likeness (QED) is 0.451. The number of anilines is 1. The average Bonchev–Trinajstić information content (AvgIpc) is 3.38. The number of carbonyl (C=O) groups is 1. The smallest absolute Gasteiger partial charge is 0.227 e. The molecule has 8 heteroatoms. The lowest BCUT2D eigenvalue weighted by Gasteiger charge is -2.01. The molecule has 0 aliphatic heterocycles. The first-order valence-corrected chi connectivity index (χ1v) is 10.2. The van der Waals surface area contributed by atoms with Gasteiger partial charge in [-0.2, -0.15) is 4.98 Å². The Hall–Kier alpha value is -3.03. The molecular weight excluding hydrogens is 408 g/mol. The Labute approximate surface area is 176 Å². The average molecular weight is 425 g/mol. The Morgan fingerprint density at radius 3 is 2.72 bits per heavy atom. The van der Waals surface area contributed by atoms with Crippen LogP contribution in [0.3, 0.4) is 0 Å². The monoisotopic (exact) mass is 424 g/mol. The molecule has 6 nitrogen and oxygen atoms in total. The van der Waals surface area contributed by atoms with Gasteiger partial charge in [0, 0.05) is 40.9 Å². The molecule has 29 heavy (non-hydrogen) atoms. The van der Waals surface area contributed by atoms with Crippen LogP contribution < -0.4 is 5.32 Å². The van der Waals surface area contributed by atoms with Crippen LogP contribution in [0, 0.1) is 0 Å². The summed E-state index contributed by atoms with van der Waals surface area (Å²) in [6.45, 7) is 0.